The minimum absolute atomic E-state index is 0.00339. The van der Waals surface area contributed by atoms with Crippen LogP contribution in [0.1, 0.15) is 0 Å². The molecule has 0 atom stereocenters. The molecule has 6 nitrogen and oxygen atoms in total. The zero-order chi connectivity index (χ0) is 10.4. The van der Waals surface area contributed by atoms with E-state index in [0.29, 0.717) is 0 Å². The van der Waals surface area contributed by atoms with Gasteiger partial charge >= 0.3 is 6.01 Å². The summed E-state index contributed by atoms with van der Waals surface area (Å²) < 4.78 is 4.76. The van der Waals surface area contributed by atoms with Gasteiger partial charge in [-0.15, -0.1) is 6.42 Å². The Morgan fingerprint density at radius 3 is 2.93 bits per heavy atom. The molecule has 0 aliphatic rings. The Labute approximate surface area is 85.6 Å². The molecule has 0 fully saturated rings. The smallest absolute Gasteiger partial charge is 0.322 e. The molecule has 0 spiro atoms. The van der Waals surface area contributed by atoms with E-state index < -0.39 is 0 Å². The second-order valence-electron chi connectivity index (χ2n) is 2.01. The predicted molar refractivity (Wildman–Crippen MR) is 49.8 cm³/mol. The van der Waals surface area contributed by atoms with Gasteiger partial charge in [0.25, 0.3) is 5.95 Å². The summed E-state index contributed by atoms with van der Waals surface area (Å²) in [5, 5.41) is 0.00339. The van der Waals surface area contributed by atoms with Crippen molar-refractivity contribution >= 4 is 17.5 Å². The van der Waals surface area contributed by atoms with Crippen LogP contribution in [0.3, 0.4) is 0 Å². The fourth-order valence-electron chi connectivity index (χ4n) is 0.611. The van der Waals surface area contributed by atoms with Crippen LogP contribution >= 0.6 is 11.6 Å². The van der Waals surface area contributed by atoms with Gasteiger partial charge in [0.1, 0.15) is 6.61 Å². The van der Waals surface area contributed by atoms with Crippen LogP contribution in [0.5, 0.6) is 6.01 Å². The monoisotopic (exact) mass is 214 g/mol. The number of terminal acetylenes is 1. The first-order valence-electron chi connectivity index (χ1n) is 3.53. The molecule has 1 rings (SSSR count). The molecule has 0 unspecified atom stereocenters. The molecule has 1 aromatic rings. The Bertz CT molecular complexity index is 352. The second-order valence-corrected chi connectivity index (χ2v) is 2.35. The van der Waals surface area contributed by atoms with E-state index in [1.54, 1.807) is 0 Å². The second kappa shape index (κ2) is 5.21. The fraction of sp³-hybridized carbons (Fsp3) is 0.286. The van der Waals surface area contributed by atoms with Crippen molar-refractivity contribution in [3.63, 3.8) is 0 Å². The molecule has 7 heteroatoms. The lowest BCUT2D eigenvalue weighted by Gasteiger charge is -2.03. The van der Waals surface area contributed by atoms with Crippen molar-refractivity contribution in [2.45, 2.75) is 0 Å². The van der Waals surface area contributed by atoms with Gasteiger partial charge < -0.3 is 4.74 Å². The molecule has 1 aromatic heterocycles. The van der Waals surface area contributed by atoms with Gasteiger partial charge in [0.2, 0.25) is 5.28 Å². The lowest BCUT2D eigenvalue weighted by molar-refractivity contribution is 0.229. The molecule has 0 radical (unpaired) electrons. The van der Waals surface area contributed by atoms with E-state index in [9.17, 15) is 0 Å². The number of halogens is 1. The molecule has 0 amide bonds. The fourth-order valence-corrected chi connectivity index (χ4v) is 0.763. The van der Waals surface area contributed by atoms with Crippen LogP contribution in [0.4, 0.5) is 5.95 Å². The van der Waals surface area contributed by atoms with Crippen LogP contribution in [0.25, 0.3) is 0 Å². The average Bonchev–Trinajstić information content (AvgIpc) is 2.17. The lowest BCUT2D eigenvalue weighted by Crippen LogP contribution is -2.07. The summed E-state index contributed by atoms with van der Waals surface area (Å²) >= 11 is 5.56. The normalized spacial score (nSPS) is 9.21. The number of anilines is 1. The first-order valence-corrected chi connectivity index (χ1v) is 3.91. The number of nitrogens with zero attached hydrogens (tertiary/aromatic N) is 3. The van der Waals surface area contributed by atoms with Crippen LogP contribution in [-0.4, -0.2) is 28.7 Å². The number of nitrogens with one attached hydrogen (secondary N) is 1. The van der Waals surface area contributed by atoms with Crippen molar-refractivity contribution in [3.05, 3.63) is 5.28 Å². The van der Waals surface area contributed by atoms with E-state index in [1.165, 1.54) is 7.11 Å². The summed E-state index contributed by atoms with van der Waals surface area (Å²) in [6.07, 6.45) is 4.96. The van der Waals surface area contributed by atoms with Crippen LogP contribution in [-0.2, 0) is 4.84 Å². The van der Waals surface area contributed by atoms with Gasteiger partial charge in [0.05, 0.1) is 7.11 Å². The predicted octanol–water partition coefficient (Wildman–Crippen LogP) is 0.510. The van der Waals surface area contributed by atoms with Gasteiger partial charge in [-0.25, -0.2) is 5.48 Å². The molecule has 1 N–H and O–H groups in total. The maximum atomic E-state index is 5.56. The quantitative estimate of drug-likeness (QED) is 0.448. The Morgan fingerprint density at radius 1 is 1.50 bits per heavy atom. The third kappa shape index (κ3) is 3.05. The van der Waals surface area contributed by atoms with Gasteiger partial charge in [-0.2, -0.15) is 15.0 Å². The highest BCUT2D eigenvalue weighted by Gasteiger charge is 2.03. The Balaban J connectivity index is 2.67. The van der Waals surface area contributed by atoms with E-state index in [0.717, 1.165) is 0 Å². The molecule has 1 heterocycles. The number of hydrogen-bond acceptors (Lipinski definition) is 6. The average molecular weight is 215 g/mol. The highest BCUT2D eigenvalue weighted by atomic mass is 35.5. The summed E-state index contributed by atoms with van der Waals surface area (Å²) in [6.45, 7) is 0.0889. The van der Waals surface area contributed by atoms with E-state index in [-0.39, 0.29) is 23.8 Å². The highest BCUT2D eigenvalue weighted by Crippen LogP contribution is 2.10. The number of hydrogen-bond donors (Lipinski definition) is 1. The molecule has 74 valence electrons. The van der Waals surface area contributed by atoms with Gasteiger partial charge in [-0.1, -0.05) is 5.92 Å². The Morgan fingerprint density at radius 2 is 2.29 bits per heavy atom. The topological polar surface area (TPSA) is 69.2 Å². The van der Waals surface area contributed by atoms with Crippen molar-refractivity contribution in [1.29, 1.82) is 0 Å². The number of rotatable bonds is 4. The summed E-state index contributed by atoms with van der Waals surface area (Å²) in [5.74, 6) is 2.40. The summed E-state index contributed by atoms with van der Waals surface area (Å²) in [5.41, 5.74) is 2.39. The van der Waals surface area contributed by atoms with E-state index >= 15 is 0 Å². The van der Waals surface area contributed by atoms with Crippen LogP contribution in [0, 0.1) is 12.3 Å². The van der Waals surface area contributed by atoms with Crippen molar-refractivity contribution in [1.82, 2.24) is 15.0 Å². The summed E-state index contributed by atoms with van der Waals surface area (Å²) in [7, 11) is 1.41. The molecule has 0 aliphatic carbocycles. The molecular weight excluding hydrogens is 208 g/mol. The number of methoxy groups -OCH3 is 1. The molecule has 0 saturated heterocycles. The van der Waals surface area contributed by atoms with E-state index in [2.05, 4.69) is 26.4 Å². The van der Waals surface area contributed by atoms with Crippen molar-refractivity contribution in [3.8, 4) is 18.4 Å². The van der Waals surface area contributed by atoms with Crippen molar-refractivity contribution in [2.75, 3.05) is 19.2 Å². The third-order valence-corrected chi connectivity index (χ3v) is 1.26. The van der Waals surface area contributed by atoms with Gasteiger partial charge in [-0.3, -0.25) is 4.84 Å². The van der Waals surface area contributed by atoms with Gasteiger partial charge in [-0.05, 0) is 11.6 Å². The summed E-state index contributed by atoms with van der Waals surface area (Å²) in [6, 6.07) is 0.0943. The van der Waals surface area contributed by atoms with Crippen molar-refractivity contribution < 1.29 is 9.57 Å². The zero-order valence-electron chi connectivity index (χ0n) is 7.32. The SMILES string of the molecule is C#CCONc1nc(Cl)nc(OC)n1. The van der Waals surface area contributed by atoms with E-state index in [4.69, 9.17) is 27.6 Å². The summed E-state index contributed by atoms with van der Waals surface area (Å²) in [4.78, 5) is 15.9. The first kappa shape index (κ1) is 10.5. The number of ether oxygens (including phenoxy) is 1. The van der Waals surface area contributed by atoms with Crippen LogP contribution < -0.4 is 10.2 Å². The maximum Gasteiger partial charge on any atom is 0.322 e. The lowest BCUT2D eigenvalue weighted by atomic mass is 10.8. The minimum Gasteiger partial charge on any atom is -0.467 e. The minimum atomic E-state index is 0.00339. The molecular formula is C7H7ClN4O2. The largest absolute Gasteiger partial charge is 0.467 e. The van der Waals surface area contributed by atoms with Gasteiger partial charge in [0, 0.05) is 0 Å². The Hall–Kier alpha value is -1.58. The molecule has 0 bridgehead atoms. The van der Waals surface area contributed by atoms with Gasteiger partial charge in [0.15, 0.2) is 0 Å². The maximum absolute atomic E-state index is 5.56. The van der Waals surface area contributed by atoms with Crippen LogP contribution in [0.2, 0.25) is 5.28 Å². The third-order valence-electron chi connectivity index (χ3n) is 1.09. The number of aromatic nitrogens is 3. The molecule has 0 aliphatic heterocycles. The zero-order valence-corrected chi connectivity index (χ0v) is 8.08. The standard InChI is InChI=1S/C7H7ClN4O2/c1-3-4-14-12-6-9-5(8)10-7(11-6)13-2/h1H,4H2,2H3,(H,9,10,11,12). The van der Waals surface area contributed by atoms with E-state index in [1.807, 2.05) is 0 Å². The molecule has 14 heavy (non-hydrogen) atoms. The Kier molecular flexibility index (Phi) is 3.91. The first-order chi connectivity index (χ1) is 6.76. The molecule has 0 saturated carbocycles. The van der Waals surface area contributed by atoms with Crippen molar-refractivity contribution in [2.24, 2.45) is 0 Å². The highest BCUT2D eigenvalue weighted by molar-refractivity contribution is 6.28. The molecule has 0 aromatic carbocycles. The van der Waals surface area contributed by atoms with Crippen LogP contribution in [0.15, 0.2) is 0 Å².